The number of aromatic amines is 1. The van der Waals surface area contributed by atoms with Crippen molar-refractivity contribution in [1.29, 1.82) is 0 Å². The third-order valence-corrected chi connectivity index (χ3v) is 2.13. The fourth-order valence-electron chi connectivity index (χ4n) is 1.28. The highest BCUT2D eigenvalue weighted by Crippen LogP contribution is 1.91. The molecule has 0 saturated carbocycles. The lowest BCUT2D eigenvalue weighted by molar-refractivity contribution is 0.0757. The smallest absolute Gasteiger partial charge is 0.256 e. The zero-order chi connectivity index (χ0) is 12.7. The minimum Gasteiger partial charge on any atom is -0.379 e. The zero-order valence-corrected chi connectivity index (χ0v) is 10.2. The summed E-state index contributed by atoms with van der Waals surface area (Å²) in [4.78, 5) is 25.6. The average molecular weight is 238 g/mol. The number of carbonyl (C=O) groups is 1. The molecule has 0 bridgehead atoms. The van der Waals surface area contributed by atoms with Crippen molar-refractivity contribution >= 4 is 5.91 Å². The molecule has 0 unspecified atom stereocenters. The molecular weight excluding hydrogens is 220 g/mol. The first-order chi connectivity index (χ1) is 8.11. The molecule has 0 aliphatic heterocycles. The lowest BCUT2D eigenvalue weighted by Crippen LogP contribution is -2.29. The van der Waals surface area contributed by atoms with Gasteiger partial charge in [-0.05, 0) is 20.3 Å². The van der Waals surface area contributed by atoms with Gasteiger partial charge in [0.25, 0.3) is 5.91 Å². The van der Waals surface area contributed by atoms with Gasteiger partial charge in [-0.3, -0.25) is 9.59 Å². The van der Waals surface area contributed by atoms with Crippen molar-refractivity contribution in [2.24, 2.45) is 0 Å². The summed E-state index contributed by atoms with van der Waals surface area (Å²) in [5, 5.41) is 2.67. The van der Waals surface area contributed by atoms with Crippen LogP contribution in [0.25, 0.3) is 0 Å². The molecule has 5 heteroatoms. The maximum Gasteiger partial charge on any atom is 0.256 e. The Labute approximate surface area is 100 Å². The first-order valence-corrected chi connectivity index (χ1v) is 5.68. The maximum atomic E-state index is 11.6. The number of carbonyl (C=O) groups excluding carboxylic acids is 1. The second-order valence-corrected chi connectivity index (χ2v) is 3.95. The van der Waals surface area contributed by atoms with Gasteiger partial charge in [0.05, 0.1) is 6.10 Å². The van der Waals surface area contributed by atoms with Crippen LogP contribution in [0.1, 0.15) is 30.6 Å². The molecule has 0 spiro atoms. The van der Waals surface area contributed by atoms with Crippen LogP contribution in [0.2, 0.25) is 0 Å². The van der Waals surface area contributed by atoms with Crippen molar-refractivity contribution < 1.29 is 9.53 Å². The Balaban J connectivity index is 2.31. The van der Waals surface area contributed by atoms with Crippen molar-refractivity contribution in [2.45, 2.75) is 26.4 Å². The van der Waals surface area contributed by atoms with E-state index in [1.807, 2.05) is 13.8 Å². The summed E-state index contributed by atoms with van der Waals surface area (Å²) < 4.78 is 5.33. The van der Waals surface area contributed by atoms with E-state index in [1.54, 1.807) is 0 Å². The lowest BCUT2D eigenvalue weighted by Gasteiger charge is -2.07. The highest BCUT2D eigenvalue weighted by Gasteiger charge is 2.07. The Morgan fingerprint density at radius 2 is 2.29 bits per heavy atom. The SMILES string of the molecule is CC(C)OCCCNC(=O)c1c[nH]ccc1=O. The minimum absolute atomic E-state index is 0.136. The molecule has 2 N–H and O–H groups in total. The number of aromatic nitrogens is 1. The Hall–Kier alpha value is -1.62. The number of ether oxygens (including phenoxy) is 1. The van der Waals surface area contributed by atoms with Crippen molar-refractivity contribution in [3.8, 4) is 0 Å². The minimum atomic E-state index is -0.351. The van der Waals surface area contributed by atoms with Crippen LogP contribution in [0.3, 0.4) is 0 Å². The van der Waals surface area contributed by atoms with Gasteiger partial charge in [-0.25, -0.2) is 0 Å². The highest BCUT2D eigenvalue weighted by molar-refractivity contribution is 5.93. The predicted octanol–water partition coefficient (Wildman–Crippen LogP) is 0.920. The molecular formula is C12H18N2O3. The highest BCUT2D eigenvalue weighted by atomic mass is 16.5. The molecule has 0 fully saturated rings. The summed E-state index contributed by atoms with van der Waals surface area (Å²) in [5.74, 6) is -0.351. The molecule has 1 aromatic rings. The van der Waals surface area contributed by atoms with Gasteiger partial charge in [0.2, 0.25) is 0 Å². The topological polar surface area (TPSA) is 71.2 Å². The normalized spacial score (nSPS) is 10.5. The largest absolute Gasteiger partial charge is 0.379 e. The molecule has 94 valence electrons. The van der Waals surface area contributed by atoms with Crippen LogP contribution in [-0.4, -0.2) is 30.1 Å². The molecule has 17 heavy (non-hydrogen) atoms. The van der Waals surface area contributed by atoms with Gasteiger partial charge in [-0.1, -0.05) is 0 Å². The molecule has 0 radical (unpaired) electrons. The molecule has 1 aromatic heterocycles. The van der Waals surface area contributed by atoms with Crippen LogP contribution in [0.5, 0.6) is 0 Å². The van der Waals surface area contributed by atoms with E-state index in [0.717, 1.165) is 6.42 Å². The Morgan fingerprint density at radius 1 is 1.53 bits per heavy atom. The summed E-state index contributed by atoms with van der Waals surface area (Å²) in [6.45, 7) is 5.02. The fourth-order valence-corrected chi connectivity index (χ4v) is 1.28. The van der Waals surface area contributed by atoms with Gasteiger partial charge in [0, 0.05) is 31.6 Å². The maximum absolute atomic E-state index is 11.6. The van der Waals surface area contributed by atoms with Gasteiger partial charge in [-0.15, -0.1) is 0 Å². The van der Waals surface area contributed by atoms with Crippen molar-refractivity contribution in [3.63, 3.8) is 0 Å². The molecule has 1 amide bonds. The second-order valence-electron chi connectivity index (χ2n) is 3.95. The second kappa shape index (κ2) is 6.85. The number of pyridine rings is 1. The van der Waals surface area contributed by atoms with Gasteiger partial charge < -0.3 is 15.0 Å². The molecule has 1 rings (SSSR count). The van der Waals surface area contributed by atoms with Crippen LogP contribution < -0.4 is 10.7 Å². The molecule has 0 aliphatic carbocycles. The molecule has 0 saturated heterocycles. The Morgan fingerprint density at radius 3 is 2.94 bits per heavy atom. The average Bonchev–Trinajstić information content (AvgIpc) is 2.28. The number of nitrogens with one attached hydrogen (secondary N) is 2. The molecule has 0 atom stereocenters. The monoisotopic (exact) mass is 238 g/mol. The third kappa shape index (κ3) is 4.82. The first kappa shape index (κ1) is 13.4. The first-order valence-electron chi connectivity index (χ1n) is 5.68. The van der Waals surface area contributed by atoms with Crippen LogP contribution >= 0.6 is 0 Å². The van der Waals surface area contributed by atoms with E-state index in [0.29, 0.717) is 13.2 Å². The molecule has 0 aromatic carbocycles. The molecule has 0 aliphatic rings. The summed E-state index contributed by atoms with van der Waals surface area (Å²) in [6.07, 6.45) is 3.83. The van der Waals surface area contributed by atoms with Crippen LogP contribution in [0.15, 0.2) is 23.3 Å². The lowest BCUT2D eigenvalue weighted by atomic mass is 10.2. The van der Waals surface area contributed by atoms with Gasteiger partial charge in [0.15, 0.2) is 5.43 Å². The number of hydrogen-bond acceptors (Lipinski definition) is 3. The number of amides is 1. The van der Waals surface area contributed by atoms with Crippen LogP contribution in [0, 0.1) is 0 Å². The summed E-state index contributed by atoms with van der Waals surface area (Å²) >= 11 is 0. The van der Waals surface area contributed by atoms with E-state index in [1.165, 1.54) is 18.5 Å². The molecule has 5 nitrogen and oxygen atoms in total. The quantitative estimate of drug-likeness (QED) is 0.724. The summed E-state index contributed by atoms with van der Waals surface area (Å²) in [5.41, 5.74) is -0.142. The van der Waals surface area contributed by atoms with E-state index in [2.05, 4.69) is 10.3 Å². The standard InChI is InChI=1S/C12H18N2O3/c1-9(2)17-7-3-5-14-12(16)10-8-13-6-4-11(10)15/h4,6,8-9H,3,5,7H2,1-2H3,(H,13,15)(H,14,16). The van der Waals surface area contributed by atoms with Gasteiger partial charge in [-0.2, -0.15) is 0 Å². The van der Waals surface area contributed by atoms with Crippen molar-refractivity contribution in [1.82, 2.24) is 10.3 Å². The Bertz CT molecular complexity index is 412. The summed E-state index contributed by atoms with van der Waals surface area (Å²) in [7, 11) is 0. The molecule has 1 heterocycles. The van der Waals surface area contributed by atoms with E-state index in [4.69, 9.17) is 4.74 Å². The van der Waals surface area contributed by atoms with Gasteiger partial charge >= 0.3 is 0 Å². The van der Waals surface area contributed by atoms with Crippen molar-refractivity contribution in [3.05, 3.63) is 34.2 Å². The van der Waals surface area contributed by atoms with Crippen LogP contribution in [-0.2, 0) is 4.74 Å². The predicted molar refractivity (Wildman–Crippen MR) is 65.1 cm³/mol. The number of rotatable bonds is 6. The third-order valence-electron chi connectivity index (χ3n) is 2.13. The number of hydrogen-bond donors (Lipinski definition) is 2. The van der Waals surface area contributed by atoms with E-state index in [-0.39, 0.29) is 23.0 Å². The van der Waals surface area contributed by atoms with E-state index >= 15 is 0 Å². The van der Waals surface area contributed by atoms with Crippen molar-refractivity contribution in [2.75, 3.05) is 13.2 Å². The Kier molecular flexibility index (Phi) is 5.42. The fraction of sp³-hybridized carbons (Fsp3) is 0.500. The van der Waals surface area contributed by atoms with E-state index in [9.17, 15) is 9.59 Å². The van der Waals surface area contributed by atoms with E-state index < -0.39 is 0 Å². The van der Waals surface area contributed by atoms with Gasteiger partial charge in [0.1, 0.15) is 5.56 Å². The number of H-pyrrole nitrogens is 1. The summed E-state index contributed by atoms with van der Waals surface area (Å²) in [6, 6.07) is 1.33. The van der Waals surface area contributed by atoms with Crippen LogP contribution in [0.4, 0.5) is 0 Å². The zero-order valence-electron chi connectivity index (χ0n) is 10.2.